The number of likely N-dealkylation sites (tertiary alicyclic amines) is 1. The van der Waals surface area contributed by atoms with Crippen molar-refractivity contribution < 1.29 is 19.4 Å². The Balaban J connectivity index is 1.67. The maximum atomic E-state index is 12.9. The van der Waals surface area contributed by atoms with E-state index < -0.39 is 0 Å². The minimum Gasteiger partial charge on any atom is -0.504 e. The van der Waals surface area contributed by atoms with E-state index in [1.54, 1.807) is 19.2 Å². The van der Waals surface area contributed by atoms with Gasteiger partial charge in [-0.25, -0.2) is 0 Å². The van der Waals surface area contributed by atoms with Gasteiger partial charge in [-0.1, -0.05) is 18.2 Å². The molecule has 0 saturated carbocycles. The van der Waals surface area contributed by atoms with Gasteiger partial charge in [0.25, 0.3) is 0 Å². The van der Waals surface area contributed by atoms with Gasteiger partial charge in [0.05, 0.1) is 14.2 Å². The highest BCUT2D eigenvalue weighted by atomic mass is 16.5. The second-order valence-electron chi connectivity index (χ2n) is 6.68. The Bertz CT molecular complexity index is 774. The van der Waals surface area contributed by atoms with E-state index in [2.05, 4.69) is 4.90 Å². The fourth-order valence-corrected chi connectivity index (χ4v) is 3.52. The van der Waals surface area contributed by atoms with E-state index in [1.165, 1.54) is 7.11 Å². The highest BCUT2D eigenvalue weighted by molar-refractivity contribution is 5.98. The first-order valence-corrected chi connectivity index (χ1v) is 8.87. The van der Waals surface area contributed by atoms with Gasteiger partial charge in [0.2, 0.25) is 0 Å². The molecule has 5 nitrogen and oxygen atoms in total. The van der Waals surface area contributed by atoms with E-state index in [1.807, 2.05) is 30.3 Å². The number of ether oxygens (including phenoxy) is 2. The lowest BCUT2D eigenvalue weighted by atomic mass is 9.89. The standard InChI is InChI=1S/C21H25NO4/c1-25-18-7-3-5-16(12-18)21(24)17-6-4-10-22(14-17)13-15-8-9-20(26-2)19(23)11-15/h3,5,7-9,11-12,17,23H,4,6,10,13-14H2,1-2H3. The number of carbonyl (C=O) groups excluding carboxylic acids is 1. The quantitative estimate of drug-likeness (QED) is 0.804. The third kappa shape index (κ3) is 4.17. The highest BCUT2D eigenvalue weighted by Crippen LogP contribution is 2.28. The number of hydrogen-bond donors (Lipinski definition) is 1. The van der Waals surface area contributed by atoms with Crippen LogP contribution in [0.5, 0.6) is 17.2 Å². The van der Waals surface area contributed by atoms with Gasteiger partial charge in [-0.3, -0.25) is 9.69 Å². The van der Waals surface area contributed by atoms with Crippen LogP contribution in [0.3, 0.4) is 0 Å². The fourth-order valence-electron chi connectivity index (χ4n) is 3.52. The average Bonchev–Trinajstić information content (AvgIpc) is 2.68. The number of piperidine rings is 1. The zero-order valence-corrected chi connectivity index (χ0v) is 15.3. The lowest BCUT2D eigenvalue weighted by Gasteiger charge is -2.32. The molecule has 1 aliphatic heterocycles. The first kappa shape index (κ1) is 18.3. The summed E-state index contributed by atoms with van der Waals surface area (Å²) in [5.74, 6) is 1.48. The molecule has 26 heavy (non-hydrogen) atoms. The summed E-state index contributed by atoms with van der Waals surface area (Å²) in [7, 11) is 3.14. The normalized spacial score (nSPS) is 17.7. The summed E-state index contributed by atoms with van der Waals surface area (Å²) < 4.78 is 10.3. The number of hydrogen-bond acceptors (Lipinski definition) is 5. The number of carbonyl (C=O) groups is 1. The van der Waals surface area contributed by atoms with Gasteiger partial charge in [0.15, 0.2) is 17.3 Å². The van der Waals surface area contributed by atoms with E-state index in [0.717, 1.165) is 31.5 Å². The molecule has 1 atom stereocenters. The lowest BCUT2D eigenvalue weighted by molar-refractivity contribution is 0.0811. The molecule has 2 aromatic carbocycles. The molecule has 1 heterocycles. The van der Waals surface area contributed by atoms with Crippen molar-refractivity contribution in [3.8, 4) is 17.2 Å². The third-order valence-corrected chi connectivity index (χ3v) is 4.88. The smallest absolute Gasteiger partial charge is 0.167 e. The molecular formula is C21H25NO4. The Morgan fingerprint density at radius 3 is 2.77 bits per heavy atom. The van der Waals surface area contributed by atoms with E-state index in [-0.39, 0.29) is 17.5 Å². The number of ketones is 1. The summed E-state index contributed by atoms with van der Waals surface area (Å²) in [6.45, 7) is 2.39. The van der Waals surface area contributed by atoms with Gasteiger partial charge in [-0.05, 0) is 49.2 Å². The summed E-state index contributed by atoms with van der Waals surface area (Å²) in [6.07, 6.45) is 1.89. The molecule has 3 rings (SSSR count). The first-order valence-electron chi connectivity index (χ1n) is 8.87. The summed E-state index contributed by atoms with van der Waals surface area (Å²) in [6, 6.07) is 12.8. The minimum absolute atomic E-state index is 0.0114. The van der Waals surface area contributed by atoms with Crippen LogP contribution >= 0.6 is 0 Å². The van der Waals surface area contributed by atoms with Crippen LogP contribution in [0, 0.1) is 5.92 Å². The van der Waals surface area contributed by atoms with E-state index in [9.17, 15) is 9.90 Å². The second-order valence-corrected chi connectivity index (χ2v) is 6.68. The Kier molecular flexibility index (Phi) is 5.78. The van der Waals surface area contributed by atoms with Gasteiger partial charge < -0.3 is 14.6 Å². The Labute approximate surface area is 154 Å². The first-order chi connectivity index (χ1) is 12.6. The number of Topliss-reactive ketones (excluding diaryl/α,β-unsaturated/α-hetero) is 1. The third-order valence-electron chi connectivity index (χ3n) is 4.88. The van der Waals surface area contributed by atoms with Crippen molar-refractivity contribution in [1.82, 2.24) is 4.90 Å². The van der Waals surface area contributed by atoms with Crippen LogP contribution in [0.25, 0.3) is 0 Å². The zero-order valence-electron chi connectivity index (χ0n) is 15.3. The summed E-state index contributed by atoms with van der Waals surface area (Å²) >= 11 is 0. The van der Waals surface area contributed by atoms with Crippen molar-refractivity contribution in [3.05, 3.63) is 53.6 Å². The second kappa shape index (κ2) is 8.23. The number of methoxy groups -OCH3 is 2. The van der Waals surface area contributed by atoms with Crippen molar-refractivity contribution >= 4 is 5.78 Å². The van der Waals surface area contributed by atoms with Gasteiger partial charge in [0.1, 0.15) is 5.75 Å². The maximum absolute atomic E-state index is 12.9. The zero-order chi connectivity index (χ0) is 18.5. The number of benzene rings is 2. The van der Waals surface area contributed by atoms with Crippen molar-refractivity contribution in [3.63, 3.8) is 0 Å². The van der Waals surface area contributed by atoms with Crippen molar-refractivity contribution in [2.45, 2.75) is 19.4 Å². The molecule has 0 aromatic heterocycles. The number of rotatable bonds is 6. The molecule has 5 heteroatoms. The molecule has 0 aliphatic carbocycles. The number of phenols is 1. The van der Waals surface area contributed by atoms with Crippen LogP contribution in [-0.2, 0) is 6.54 Å². The van der Waals surface area contributed by atoms with Crippen LogP contribution in [0.4, 0.5) is 0 Å². The molecule has 2 aromatic rings. The van der Waals surface area contributed by atoms with Gasteiger partial charge in [-0.2, -0.15) is 0 Å². The molecule has 1 saturated heterocycles. The monoisotopic (exact) mass is 355 g/mol. The molecule has 0 spiro atoms. The molecule has 1 aliphatic rings. The minimum atomic E-state index is -0.0114. The Morgan fingerprint density at radius 1 is 1.19 bits per heavy atom. The SMILES string of the molecule is COc1cccc(C(=O)C2CCCN(Cc3ccc(OC)c(O)c3)C2)c1. The van der Waals surface area contributed by atoms with E-state index in [4.69, 9.17) is 9.47 Å². The lowest BCUT2D eigenvalue weighted by Crippen LogP contribution is -2.38. The topological polar surface area (TPSA) is 59.0 Å². The van der Waals surface area contributed by atoms with Crippen LogP contribution in [0.15, 0.2) is 42.5 Å². The summed E-state index contributed by atoms with van der Waals surface area (Å²) in [4.78, 5) is 15.1. The maximum Gasteiger partial charge on any atom is 0.167 e. The number of phenolic OH excluding ortho intramolecular Hbond substituents is 1. The molecule has 1 N–H and O–H groups in total. The van der Waals surface area contributed by atoms with Gasteiger partial charge in [0, 0.05) is 24.6 Å². The fraction of sp³-hybridized carbons (Fsp3) is 0.381. The molecule has 138 valence electrons. The van der Waals surface area contributed by atoms with Crippen molar-refractivity contribution in [1.29, 1.82) is 0 Å². The summed E-state index contributed by atoms with van der Waals surface area (Å²) in [5.41, 5.74) is 1.72. The predicted octanol–water partition coefficient (Wildman–Crippen LogP) is 3.50. The molecule has 0 radical (unpaired) electrons. The van der Waals surface area contributed by atoms with Crippen molar-refractivity contribution in [2.24, 2.45) is 5.92 Å². The van der Waals surface area contributed by atoms with Crippen molar-refractivity contribution in [2.75, 3.05) is 27.3 Å². The number of aromatic hydroxyl groups is 1. The van der Waals surface area contributed by atoms with E-state index in [0.29, 0.717) is 23.6 Å². The Hall–Kier alpha value is -2.53. The molecule has 0 bridgehead atoms. The van der Waals surface area contributed by atoms with Crippen LogP contribution in [0.2, 0.25) is 0 Å². The van der Waals surface area contributed by atoms with Gasteiger partial charge >= 0.3 is 0 Å². The molecule has 1 unspecified atom stereocenters. The molecular weight excluding hydrogens is 330 g/mol. The molecule has 0 amide bonds. The predicted molar refractivity (Wildman–Crippen MR) is 100.0 cm³/mol. The molecule has 1 fully saturated rings. The number of nitrogens with zero attached hydrogens (tertiary/aromatic N) is 1. The van der Waals surface area contributed by atoms with Crippen LogP contribution in [-0.4, -0.2) is 43.1 Å². The van der Waals surface area contributed by atoms with Crippen LogP contribution in [0.1, 0.15) is 28.8 Å². The summed E-state index contributed by atoms with van der Waals surface area (Å²) in [5, 5.41) is 9.95. The van der Waals surface area contributed by atoms with E-state index >= 15 is 0 Å². The average molecular weight is 355 g/mol. The largest absolute Gasteiger partial charge is 0.504 e. The van der Waals surface area contributed by atoms with Crippen LogP contribution < -0.4 is 9.47 Å². The highest BCUT2D eigenvalue weighted by Gasteiger charge is 2.27. The Morgan fingerprint density at radius 2 is 2.04 bits per heavy atom. The van der Waals surface area contributed by atoms with Gasteiger partial charge in [-0.15, -0.1) is 0 Å².